The van der Waals surface area contributed by atoms with Crippen molar-refractivity contribution in [3.63, 3.8) is 0 Å². The second-order valence-electron chi connectivity index (χ2n) is 9.08. The number of alkyl halides is 3. The number of carbonyl (C=O) groups is 3. The average molecular weight is 538 g/mol. The Balaban J connectivity index is 0.00000118. The molecule has 1 aliphatic carbocycles. The predicted octanol–water partition coefficient (Wildman–Crippen LogP) is 5.08. The van der Waals surface area contributed by atoms with Crippen LogP contribution >= 0.6 is 11.6 Å². The van der Waals surface area contributed by atoms with Gasteiger partial charge in [-0.1, -0.05) is 36.9 Å². The third-order valence-electron chi connectivity index (χ3n) is 5.94. The van der Waals surface area contributed by atoms with Crippen molar-refractivity contribution in [1.82, 2.24) is 14.8 Å². The number of benzene rings is 1. The molecule has 37 heavy (non-hydrogen) atoms. The molecule has 0 spiro atoms. The van der Waals surface area contributed by atoms with Crippen molar-refractivity contribution in [1.29, 1.82) is 0 Å². The van der Waals surface area contributed by atoms with Crippen molar-refractivity contribution in [2.75, 3.05) is 14.1 Å². The van der Waals surface area contributed by atoms with Crippen LogP contribution in [-0.4, -0.2) is 57.4 Å². The number of carbonyl (C=O) groups excluding carboxylic acids is 3. The molecule has 2 heterocycles. The summed E-state index contributed by atoms with van der Waals surface area (Å²) in [6, 6.07) is 5.35. The summed E-state index contributed by atoms with van der Waals surface area (Å²) >= 11 is 5.77. The fraction of sp³-hybridized carbons (Fsp3) is 0.423. The highest BCUT2D eigenvalue weighted by Gasteiger charge is 2.36. The minimum Gasteiger partial charge on any atom is -0.334 e. The van der Waals surface area contributed by atoms with Gasteiger partial charge in [-0.25, -0.2) is 4.90 Å². The van der Waals surface area contributed by atoms with Crippen LogP contribution in [0, 0.1) is 0 Å². The Bertz CT molecular complexity index is 1180. The maximum absolute atomic E-state index is 13.1. The Morgan fingerprint density at radius 1 is 1.16 bits per heavy atom. The molecule has 1 aliphatic heterocycles. The molecule has 2 aliphatic rings. The third-order valence-corrected chi connectivity index (χ3v) is 6.25. The van der Waals surface area contributed by atoms with Crippen LogP contribution < -0.4 is 0 Å². The molecule has 0 saturated heterocycles. The molecule has 0 N–H and O–H groups in total. The first-order valence-corrected chi connectivity index (χ1v) is 12.2. The summed E-state index contributed by atoms with van der Waals surface area (Å²) in [5.74, 6) is -0.343. The number of aldehydes is 1. The highest BCUT2D eigenvalue weighted by Crippen LogP contribution is 2.38. The lowest BCUT2D eigenvalue weighted by Crippen LogP contribution is -2.37. The van der Waals surface area contributed by atoms with E-state index in [1.54, 1.807) is 25.5 Å². The van der Waals surface area contributed by atoms with Gasteiger partial charge < -0.3 is 4.90 Å². The van der Waals surface area contributed by atoms with Gasteiger partial charge >= 0.3 is 12.2 Å². The van der Waals surface area contributed by atoms with Crippen LogP contribution in [0.25, 0.3) is 0 Å². The Labute approximate surface area is 218 Å². The largest absolute Gasteiger partial charge is 0.493 e. The van der Waals surface area contributed by atoms with Gasteiger partial charge in [0.1, 0.15) is 12.3 Å². The van der Waals surface area contributed by atoms with Crippen molar-refractivity contribution >= 4 is 35.5 Å². The minimum atomic E-state index is -4.58. The van der Waals surface area contributed by atoms with Gasteiger partial charge in [-0.3, -0.25) is 14.6 Å². The third kappa shape index (κ3) is 7.85. The molecule has 11 heteroatoms. The standard InChI is InChI=1S/C23H23ClF3N4O3.C3H6/c1-29(11-15-4-3-7-28-10-15)22(34)30(2)18(14-32)5-6-21(33)31-12-16-8-19(23(25,26)27)20(24)9-17(16)13-31;1-2-3-1/h3-4,7-10,14H,5-6,11-13H2,1-2H3;1-3H2/q+1;/b30-18-;. The van der Waals surface area contributed by atoms with Crippen LogP contribution in [0.1, 0.15) is 54.4 Å². The number of pyridine rings is 1. The van der Waals surface area contributed by atoms with E-state index in [-0.39, 0.29) is 44.1 Å². The van der Waals surface area contributed by atoms with Gasteiger partial charge in [-0.15, -0.1) is 0 Å². The number of aromatic nitrogens is 1. The van der Waals surface area contributed by atoms with E-state index in [1.807, 2.05) is 6.07 Å². The number of hydrogen-bond acceptors (Lipinski definition) is 4. The minimum absolute atomic E-state index is 0.00666. The van der Waals surface area contributed by atoms with E-state index in [0.717, 1.165) is 11.6 Å². The summed E-state index contributed by atoms with van der Waals surface area (Å²) in [5, 5.41) is -0.410. The van der Waals surface area contributed by atoms with Crippen LogP contribution in [0.5, 0.6) is 0 Å². The second kappa shape index (κ2) is 12.3. The highest BCUT2D eigenvalue weighted by molar-refractivity contribution is 6.31. The molecular formula is C26H29ClF3N4O3+. The molecule has 1 aromatic carbocycles. The van der Waals surface area contributed by atoms with Crippen molar-refractivity contribution in [3.05, 3.63) is 63.9 Å². The first-order chi connectivity index (χ1) is 17.5. The molecule has 7 nitrogen and oxygen atoms in total. The van der Waals surface area contributed by atoms with Gasteiger partial charge in [0.25, 0.3) is 0 Å². The molecule has 0 bridgehead atoms. The number of fused-ring (bicyclic) bond motifs is 1. The van der Waals surface area contributed by atoms with Gasteiger partial charge in [-0.05, 0) is 29.3 Å². The molecule has 1 fully saturated rings. The van der Waals surface area contributed by atoms with Gasteiger partial charge in [0.05, 0.1) is 24.7 Å². The summed E-state index contributed by atoms with van der Waals surface area (Å²) < 4.78 is 40.5. The molecule has 0 radical (unpaired) electrons. The van der Waals surface area contributed by atoms with Crippen LogP contribution in [0.4, 0.5) is 18.0 Å². The zero-order valence-corrected chi connectivity index (χ0v) is 21.5. The van der Waals surface area contributed by atoms with E-state index in [0.29, 0.717) is 17.4 Å². The summed E-state index contributed by atoms with van der Waals surface area (Å²) in [6.45, 7) is 0.440. The van der Waals surface area contributed by atoms with Crippen molar-refractivity contribution in [3.8, 4) is 0 Å². The number of amides is 3. The molecule has 1 aromatic heterocycles. The lowest BCUT2D eigenvalue weighted by Gasteiger charge is -2.15. The monoisotopic (exact) mass is 537 g/mol. The Morgan fingerprint density at radius 2 is 1.81 bits per heavy atom. The molecule has 2 aromatic rings. The van der Waals surface area contributed by atoms with Crippen LogP contribution in [0.15, 0.2) is 36.7 Å². The highest BCUT2D eigenvalue weighted by atomic mass is 35.5. The molecule has 1 saturated carbocycles. The molecule has 4 rings (SSSR count). The van der Waals surface area contributed by atoms with Crippen molar-refractivity contribution in [2.24, 2.45) is 0 Å². The number of rotatable bonds is 6. The maximum atomic E-state index is 13.1. The first-order valence-electron chi connectivity index (χ1n) is 11.9. The number of hydrogen-bond donors (Lipinski definition) is 0. The Kier molecular flexibility index (Phi) is 9.42. The summed E-state index contributed by atoms with van der Waals surface area (Å²) in [4.78, 5) is 43.8. The van der Waals surface area contributed by atoms with E-state index in [4.69, 9.17) is 11.6 Å². The predicted molar refractivity (Wildman–Crippen MR) is 132 cm³/mol. The average Bonchev–Trinajstić information content (AvgIpc) is 3.69. The lowest BCUT2D eigenvalue weighted by molar-refractivity contribution is -0.403. The van der Waals surface area contributed by atoms with Crippen LogP contribution in [0.3, 0.4) is 0 Å². The molecule has 198 valence electrons. The van der Waals surface area contributed by atoms with E-state index in [1.165, 1.54) is 46.8 Å². The van der Waals surface area contributed by atoms with Gasteiger partial charge in [0, 0.05) is 43.9 Å². The summed E-state index contributed by atoms with van der Waals surface area (Å²) in [5.41, 5.74) is 0.936. The Morgan fingerprint density at radius 3 is 2.35 bits per heavy atom. The molecule has 0 atom stereocenters. The van der Waals surface area contributed by atoms with E-state index < -0.39 is 22.8 Å². The number of halogens is 4. The number of urea groups is 1. The van der Waals surface area contributed by atoms with Crippen LogP contribution in [-0.2, 0) is 35.4 Å². The molecule has 3 amide bonds. The summed E-state index contributed by atoms with van der Waals surface area (Å²) in [7, 11) is 3.03. The molecular weight excluding hydrogens is 509 g/mol. The van der Waals surface area contributed by atoms with Crippen LogP contribution in [0.2, 0.25) is 5.02 Å². The van der Waals surface area contributed by atoms with E-state index in [2.05, 4.69) is 4.98 Å². The smallest absolute Gasteiger partial charge is 0.334 e. The number of nitrogens with zero attached hydrogens (tertiary/aromatic N) is 4. The zero-order chi connectivity index (χ0) is 27.2. The van der Waals surface area contributed by atoms with Gasteiger partial charge in [0.2, 0.25) is 5.91 Å². The fourth-order valence-corrected chi connectivity index (χ4v) is 4.02. The zero-order valence-electron chi connectivity index (χ0n) is 20.7. The topological polar surface area (TPSA) is 73.6 Å². The first kappa shape index (κ1) is 28.3. The van der Waals surface area contributed by atoms with Crippen molar-refractivity contribution in [2.45, 2.75) is 57.9 Å². The normalized spacial score (nSPS) is 14.7. The Hall–Kier alpha value is -3.27. The second-order valence-corrected chi connectivity index (χ2v) is 9.48. The van der Waals surface area contributed by atoms with Gasteiger partial charge in [0.15, 0.2) is 6.29 Å². The quantitative estimate of drug-likeness (QED) is 0.293. The van der Waals surface area contributed by atoms with Crippen molar-refractivity contribution < 1.29 is 32.1 Å². The summed E-state index contributed by atoms with van der Waals surface area (Å²) in [6.07, 6.45) is 3.62. The lowest BCUT2D eigenvalue weighted by atomic mass is 10.1. The SMILES string of the molecule is C1CC1.CN(Cc1cccnc1)C(=O)/[N+](C)=C(\C=O)CCC(=O)N1Cc2cc(Cl)c(C(F)(F)F)cc2C1. The fourth-order valence-electron chi connectivity index (χ4n) is 3.73. The maximum Gasteiger partial charge on any atom is 0.493 e. The van der Waals surface area contributed by atoms with E-state index in [9.17, 15) is 27.6 Å². The van der Waals surface area contributed by atoms with E-state index >= 15 is 0 Å². The molecule has 0 unspecified atom stereocenters. The van der Waals surface area contributed by atoms with Gasteiger partial charge in [-0.2, -0.15) is 22.5 Å².